The lowest BCUT2D eigenvalue weighted by Crippen LogP contribution is -2.36. The Morgan fingerprint density at radius 3 is 3.00 bits per heavy atom. The van der Waals surface area contributed by atoms with Crippen LogP contribution in [0.5, 0.6) is 0 Å². The summed E-state index contributed by atoms with van der Waals surface area (Å²) in [5.41, 5.74) is 0.859. The topological polar surface area (TPSA) is 89.5 Å². The van der Waals surface area contributed by atoms with Crippen LogP contribution in [0.25, 0.3) is 5.65 Å². The summed E-state index contributed by atoms with van der Waals surface area (Å²) in [5.74, 6) is 1.49. The highest BCUT2D eigenvalue weighted by Gasteiger charge is 2.29. The molecule has 0 radical (unpaired) electrons. The van der Waals surface area contributed by atoms with Gasteiger partial charge < -0.3 is 4.90 Å². The van der Waals surface area contributed by atoms with E-state index in [0.717, 1.165) is 30.9 Å². The predicted octanol–water partition coefficient (Wildman–Crippen LogP) is 2.42. The van der Waals surface area contributed by atoms with Crippen molar-refractivity contribution < 1.29 is 4.92 Å². The Hall–Kier alpha value is -3.03. The third-order valence-corrected chi connectivity index (χ3v) is 4.39. The molecule has 24 heavy (non-hydrogen) atoms. The van der Waals surface area contributed by atoms with Crippen LogP contribution < -0.4 is 4.90 Å². The van der Waals surface area contributed by atoms with E-state index in [-0.39, 0.29) is 16.5 Å². The van der Waals surface area contributed by atoms with Crippen molar-refractivity contribution in [3.63, 3.8) is 0 Å². The van der Waals surface area contributed by atoms with Gasteiger partial charge in [0.15, 0.2) is 5.65 Å². The lowest BCUT2D eigenvalue weighted by Gasteiger charge is -2.32. The monoisotopic (exact) mass is 324 g/mol. The lowest BCUT2D eigenvalue weighted by molar-refractivity contribution is -0.384. The van der Waals surface area contributed by atoms with Gasteiger partial charge in [-0.25, -0.2) is 4.98 Å². The van der Waals surface area contributed by atoms with Crippen molar-refractivity contribution in [2.75, 3.05) is 18.0 Å². The first-order chi connectivity index (χ1) is 11.7. The zero-order valence-corrected chi connectivity index (χ0v) is 12.9. The number of pyridine rings is 2. The van der Waals surface area contributed by atoms with Crippen LogP contribution in [0.2, 0.25) is 0 Å². The first-order valence-electron chi connectivity index (χ1n) is 7.88. The first kappa shape index (κ1) is 14.6. The number of rotatable bonds is 3. The number of nitro groups is 1. The molecule has 0 N–H and O–H groups in total. The van der Waals surface area contributed by atoms with Crippen LogP contribution in [0.4, 0.5) is 11.5 Å². The van der Waals surface area contributed by atoms with E-state index in [1.165, 1.54) is 6.07 Å². The number of fused-ring (bicyclic) bond motifs is 1. The normalized spacial score (nSPS) is 18.0. The van der Waals surface area contributed by atoms with Gasteiger partial charge in [-0.1, -0.05) is 6.07 Å². The fraction of sp³-hybridized carbons (Fsp3) is 0.312. The fourth-order valence-electron chi connectivity index (χ4n) is 3.29. The average molecular weight is 324 g/mol. The van der Waals surface area contributed by atoms with Crippen molar-refractivity contribution >= 4 is 17.2 Å². The van der Waals surface area contributed by atoms with E-state index in [1.807, 2.05) is 33.7 Å². The molecule has 0 bridgehead atoms. The van der Waals surface area contributed by atoms with Crippen LogP contribution in [0.15, 0.2) is 42.7 Å². The van der Waals surface area contributed by atoms with E-state index in [9.17, 15) is 10.1 Å². The average Bonchev–Trinajstić information content (AvgIpc) is 3.06. The smallest absolute Gasteiger partial charge is 0.311 e. The van der Waals surface area contributed by atoms with Crippen molar-refractivity contribution in [3.8, 4) is 0 Å². The Morgan fingerprint density at radius 2 is 2.12 bits per heavy atom. The van der Waals surface area contributed by atoms with Gasteiger partial charge >= 0.3 is 5.69 Å². The zero-order chi connectivity index (χ0) is 16.5. The minimum absolute atomic E-state index is 0.0456. The fourth-order valence-corrected chi connectivity index (χ4v) is 3.29. The van der Waals surface area contributed by atoms with Crippen LogP contribution in [0, 0.1) is 10.1 Å². The number of nitrogens with zero attached hydrogens (tertiary/aromatic N) is 6. The third-order valence-electron chi connectivity index (χ3n) is 4.39. The van der Waals surface area contributed by atoms with Crippen molar-refractivity contribution in [1.82, 2.24) is 19.6 Å². The van der Waals surface area contributed by atoms with Gasteiger partial charge in [-0.15, -0.1) is 10.2 Å². The second-order valence-electron chi connectivity index (χ2n) is 5.88. The summed E-state index contributed by atoms with van der Waals surface area (Å²) in [6.45, 7) is 1.40. The molecule has 0 saturated carbocycles. The molecule has 0 spiro atoms. The molecule has 1 atom stereocenters. The largest absolute Gasteiger partial charge is 0.350 e. The number of hydrogen-bond acceptors (Lipinski definition) is 6. The predicted molar refractivity (Wildman–Crippen MR) is 88.1 cm³/mol. The molecular formula is C16H16N6O2. The van der Waals surface area contributed by atoms with Gasteiger partial charge in [0.25, 0.3) is 0 Å². The lowest BCUT2D eigenvalue weighted by atomic mass is 9.97. The maximum absolute atomic E-state index is 11.3. The molecule has 0 amide bonds. The van der Waals surface area contributed by atoms with Crippen LogP contribution in [-0.2, 0) is 0 Å². The highest BCUT2D eigenvalue weighted by Crippen LogP contribution is 2.32. The van der Waals surface area contributed by atoms with Crippen LogP contribution in [0.3, 0.4) is 0 Å². The van der Waals surface area contributed by atoms with E-state index >= 15 is 0 Å². The second-order valence-corrected chi connectivity index (χ2v) is 5.88. The molecule has 3 aromatic heterocycles. The number of piperidine rings is 1. The van der Waals surface area contributed by atoms with E-state index in [2.05, 4.69) is 15.2 Å². The van der Waals surface area contributed by atoms with Crippen LogP contribution in [-0.4, -0.2) is 37.6 Å². The molecule has 0 aromatic carbocycles. The van der Waals surface area contributed by atoms with Gasteiger partial charge in [0.1, 0.15) is 5.82 Å². The maximum Gasteiger partial charge on any atom is 0.311 e. The van der Waals surface area contributed by atoms with Gasteiger partial charge in [-0.3, -0.25) is 14.5 Å². The summed E-state index contributed by atoms with van der Waals surface area (Å²) >= 11 is 0. The van der Waals surface area contributed by atoms with Gasteiger partial charge in [0.05, 0.1) is 4.92 Å². The highest BCUT2D eigenvalue weighted by atomic mass is 16.6. The summed E-state index contributed by atoms with van der Waals surface area (Å²) in [5, 5.41) is 19.8. The molecule has 4 rings (SSSR count). The van der Waals surface area contributed by atoms with E-state index in [0.29, 0.717) is 12.4 Å². The Bertz CT molecular complexity index is 893. The molecular weight excluding hydrogens is 308 g/mol. The maximum atomic E-state index is 11.3. The molecule has 4 heterocycles. The van der Waals surface area contributed by atoms with Crippen LogP contribution >= 0.6 is 0 Å². The van der Waals surface area contributed by atoms with Gasteiger partial charge in [0, 0.05) is 37.5 Å². The van der Waals surface area contributed by atoms with Gasteiger partial charge in [-0.2, -0.15) is 0 Å². The summed E-state index contributed by atoms with van der Waals surface area (Å²) < 4.78 is 1.99. The van der Waals surface area contributed by atoms with Gasteiger partial charge in [0.2, 0.25) is 5.82 Å². The summed E-state index contributed by atoms with van der Waals surface area (Å²) in [7, 11) is 0. The Balaban J connectivity index is 1.66. The first-order valence-corrected chi connectivity index (χ1v) is 7.88. The Labute approximate surface area is 137 Å². The molecule has 0 aliphatic carbocycles. The molecule has 122 valence electrons. The van der Waals surface area contributed by atoms with Crippen molar-refractivity contribution in [3.05, 3.63) is 58.7 Å². The quantitative estimate of drug-likeness (QED) is 0.543. The molecule has 0 unspecified atom stereocenters. The second kappa shape index (κ2) is 5.88. The molecule has 1 aliphatic heterocycles. The Kier molecular flexibility index (Phi) is 3.56. The number of hydrogen-bond donors (Lipinski definition) is 0. The van der Waals surface area contributed by atoms with Crippen molar-refractivity contribution in [2.45, 2.75) is 18.8 Å². The van der Waals surface area contributed by atoms with Gasteiger partial charge in [-0.05, 0) is 31.0 Å². The molecule has 1 saturated heterocycles. The van der Waals surface area contributed by atoms with E-state index < -0.39 is 0 Å². The van der Waals surface area contributed by atoms with Crippen molar-refractivity contribution in [1.29, 1.82) is 0 Å². The van der Waals surface area contributed by atoms with E-state index in [4.69, 9.17) is 0 Å². The highest BCUT2D eigenvalue weighted by molar-refractivity contribution is 5.57. The summed E-state index contributed by atoms with van der Waals surface area (Å²) in [4.78, 5) is 17.1. The zero-order valence-electron chi connectivity index (χ0n) is 12.9. The molecule has 1 aliphatic rings. The molecule has 8 nitrogen and oxygen atoms in total. The number of aromatic nitrogens is 4. The molecule has 8 heteroatoms. The van der Waals surface area contributed by atoms with Crippen LogP contribution in [0.1, 0.15) is 24.6 Å². The summed E-state index contributed by atoms with van der Waals surface area (Å²) in [6.07, 6.45) is 5.46. The summed E-state index contributed by atoms with van der Waals surface area (Å²) in [6, 6.07) is 8.89. The third kappa shape index (κ3) is 2.45. The minimum atomic E-state index is -0.377. The minimum Gasteiger partial charge on any atom is -0.350 e. The molecule has 3 aromatic rings. The van der Waals surface area contributed by atoms with Crippen molar-refractivity contribution in [2.24, 2.45) is 0 Å². The standard InChI is InChI=1S/C16H16N6O2/c23-22(24)13-6-3-8-17-16(13)20-9-4-5-12(11-20)15-19-18-14-7-1-2-10-21(14)15/h1-3,6-8,10,12H,4-5,9,11H2/t12-/m1/s1. The Morgan fingerprint density at radius 1 is 1.21 bits per heavy atom. The SMILES string of the molecule is O=[N+]([O-])c1cccnc1N1CCC[C@@H](c2nnc3ccccn23)C1. The number of anilines is 1. The molecule has 1 fully saturated rings. The van der Waals surface area contributed by atoms with E-state index in [1.54, 1.807) is 12.3 Å².